The van der Waals surface area contributed by atoms with E-state index in [2.05, 4.69) is 10.6 Å². The van der Waals surface area contributed by atoms with Gasteiger partial charge in [0.15, 0.2) is 5.78 Å². The van der Waals surface area contributed by atoms with Crippen molar-refractivity contribution in [2.45, 2.75) is 6.92 Å². The van der Waals surface area contributed by atoms with Crippen molar-refractivity contribution in [3.63, 3.8) is 0 Å². The van der Waals surface area contributed by atoms with Gasteiger partial charge in [-0.05, 0) is 25.1 Å². The van der Waals surface area contributed by atoms with Gasteiger partial charge in [-0.1, -0.05) is 24.3 Å². The molecule has 0 aromatic heterocycles. The van der Waals surface area contributed by atoms with Crippen LogP contribution >= 0.6 is 0 Å². The van der Waals surface area contributed by atoms with Crippen LogP contribution in [-0.4, -0.2) is 16.6 Å². The molecule has 2 aromatic rings. The van der Waals surface area contributed by atoms with Crippen molar-refractivity contribution in [3.05, 3.63) is 76.0 Å². The SMILES string of the molecule is CC(=O)c1cccc(NC(=O)/C(C#N)=C\Nc2ccccc2[N+](=O)[O-])c1. The molecule has 0 saturated carbocycles. The molecule has 0 spiro atoms. The van der Waals surface area contributed by atoms with Crippen molar-refractivity contribution >= 4 is 28.8 Å². The van der Waals surface area contributed by atoms with E-state index in [1.54, 1.807) is 30.3 Å². The van der Waals surface area contributed by atoms with E-state index in [-0.39, 0.29) is 22.7 Å². The molecule has 2 rings (SSSR count). The number of rotatable bonds is 6. The number of Topliss-reactive ketones (excluding diaryl/α,β-unsaturated/α-hetero) is 1. The fourth-order valence-electron chi connectivity index (χ4n) is 2.07. The fourth-order valence-corrected chi connectivity index (χ4v) is 2.07. The van der Waals surface area contributed by atoms with Gasteiger partial charge < -0.3 is 10.6 Å². The molecule has 0 fully saturated rings. The number of benzene rings is 2. The molecule has 0 atom stereocenters. The second-order valence-corrected chi connectivity index (χ2v) is 5.18. The van der Waals surface area contributed by atoms with Crippen molar-refractivity contribution < 1.29 is 14.5 Å². The number of hydrogen-bond donors (Lipinski definition) is 2. The molecule has 8 nitrogen and oxygen atoms in total. The van der Waals surface area contributed by atoms with Crippen LogP contribution in [0, 0.1) is 21.4 Å². The van der Waals surface area contributed by atoms with Crippen molar-refractivity contribution in [2.24, 2.45) is 0 Å². The number of para-hydroxylation sites is 2. The van der Waals surface area contributed by atoms with E-state index < -0.39 is 10.8 Å². The largest absolute Gasteiger partial charge is 0.355 e. The normalized spacial score (nSPS) is 10.5. The summed E-state index contributed by atoms with van der Waals surface area (Å²) in [6.45, 7) is 1.40. The first-order valence-corrected chi connectivity index (χ1v) is 7.45. The number of amides is 1. The first kappa shape index (κ1) is 18.4. The van der Waals surface area contributed by atoms with Crippen LogP contribution in [0.3, 0.4) is 0 Å². The van der Waals surface area contributed by atoms with Crippen molar-refractivity contribution in [1.29, 1.82) is 5.26 Å². The average molecular weight is 350 g/mol. The van der Waals surface area contributed by atoms with Crippen LogP contribution in [-0.2, 0) is 4.79 Å². The number of nitro groups is 1. The van der Waals surface area contributed by atoms with E-state index in [9.17, 15) is 19.7 Å². The van der Waals surface area contributed by atoms with Crippen LogP contribution in [0.15, 0.2) is 60.3 Å². The zero-order valence-electron chi connectivity index (χ0n) is 13.7. The molecule has 1 amide bonds. The summed E-state index contributed by atoms with van der Waals surface area (Å²) in [4.78, 5) is 34.0. The minimum absolute atomic E-state index is 0.150. The monoisotopic (exact) mass is 350 g/mol. The smallest absolute Gasteiger partial charge is 0.292 e. The quantitative estimate of drug-likeness (QED) is 0.271. The van der Waals surface area contributed by atoms with Gasteiger partial charge in [-0.3, -0.25) is 19.7 Å². The third-order valence-electron chi connectivity index (χ3n) is 3.36. The number of nitrogens with zero attached hydrogens (tertiary/aromatic N) is 2. The van der Waals surface area contributed by atoms with E-state index in [1.165, 1.54) is 31.2 Å². The van der Waals surface area contributed by atoms with Gasteiger partial charge in [0.05, 0.1) is 4.92 Å². The molecule has 26 heavy (non-hydrogen) atoms. The molecule has 0 heterocycles. The Labute approximate surface area is 148 Å². The maximum Gasteiger partial charge on any atom is 0.292 e. The van der Waals surface area contributed by atoms with Gasteiger partial charge in [0, 0.05) is 23.5 Å². The lowest BCUT2D eigenvalue weighted by Crippen LogP contribution is -2.15. The van der Waals surface area contributed by atoms with Gasteiger partial charge in [-0.15, -0.1) is 0 Å². The highest BCUT2D eigenvalue weighted by Crippen LogP contribution is 2.23. The van der Waals surface area contributed by atoms with Crippen LogP contribution < -0.4 is 10.6 Å². The molecule has 8 heteroatoms. The van der Waals surface area contributed by atoms with Crippen molar-refractivity contribution in [1.82, 2.24) is 0 Å². The molecule has 0 aliphatic heterocycles. The van der Waals surface area contributed by atoms with Crippen molar-refractivity contribution in [3.8, 4) is 6.07 Å². The van der Waals surface area contributed by atoms with Gasteiger partial charge >= 0.3 is 0 Å². The molecular weight excluding hydrogens is 336 g/mol. The summed E-state index contributed by atoms with van der Waals surface area (Å²) in [5, 5.41) is 25.2. The summed E-state index contributed by atoms with van der Waals surface area (Å²) < 4.78 is 0. The molecule has 0 radical (unpaired) electrons. The fraction of sp³-hybridized carbons (Fsp3) is 0.0556. The van der Waals surface area contributed by atoms with Gasteiger partial charge in [0.2, 0.25) is 0 Å². The Morgan fingerprint density at radius 3 is 2.58 bits per heavy atom. The number of ketones is 1. The lowest BCUT2D eigenvalue weighted by molar-refractivity contribution is -0.383. The predicted octanol–water partition coefficient (Wildman–Crippen LogP) is 3.26. The molecule has 0 unspecified atom stereocenters. The second kappa shape index (κ2) is 8.21. The third kappa shape index (κ3) is 4.52. The zero-order chi connectivity index (χ0) is 19.1. The summed E-state index contributed by atoms with van der Waals surface area (Å²) in [7, 11) is 0. The number of nitriles is 1. The zero-order valence-corrected chi connectivity index (χ0v) is 13.7. The summed E-state index contributed by atoms with van der Waals surface area (Å²) in [5.41, 5.74) is 0.460. The first-order chi connectivity index (χ1) is 12.4. The number of carbonyl (C=O) groups is 2. The molecule has 0 aliphatic carbocycles. The van der Waals surface area contributed by atoms with E-state index >= 15 is 0 Å². The molecule has 2 N–H and O–H groups in total. The van der Waals surface area contributed by atoms with Crippen LogP contribution in [0.5, 0.6) is 0 Å². The Morgan fingerprint density at radius 1 is 1.19 bits per heavy atom. The average Bonchev–Trinajstić information content (AvgIpc) is 2.62. The van der Waals surface area contributed by atoms with Crippen LogP contribution in [0.2, 0.25) is 0 Å². The van der Waals surface area contributed by atoms with Gasteiger partial charge in [-0.2, -0.15) is 5.26 Å². The van der Waals surface area contributed by atoms with E-state index in [4.69, 9.17) is 5.26 Å². The van der Waals surface area contributed by atoms with Gasteiger partial charge in [0.25, 0.3) is 11.6 Å². The lowest BCUT2D eigenvalue weighted by atomic mass is 10.1. The Kier molecular flexibility index (Phi) is 5.79. The second-order valence-electron chi connectivity index (χ2n) is 5.18. The molecule has 0 aliphatic rings. The predicted molar refractivity (Wildman–Crippen MR) is 95.5 cm³/mol. The summed E-state index contributed by atoms with van der Waals surface area (Å²) >= 11 is 0. The highest BCUT2D eigenvalue weighted by atomic mass is 16.6. The Hall–Kier alpha value is -3.99. The van der Waals surface area contributed by atoms with Crippen molar-refractivity contribution in [2.75, 3.05) is 10.6 Å². The van der Waals surface area contributed by atoms with E-state index in [0.717, 1.165) is 6.20 Å². The van der Waals surface area contributed by atoms with E-state index in [0.29, 0.717) is 11.3 Å². The number of nitrogens with one attached hydrogen (secondary N) is 2. The number of anilines is 2. The summed E-state index contributed by atoms with van der Waals surface area (Å²) in [6.07, 6.45) is 1.09. The summed E-state index contributed by atoms with van der Waals surface area (Å²) in [6, 6.07) is 13.9. The maximum absolute atomic E-state index is 12.2. The lowest BCUT2D eigenvalue weighted by Gasteiger charge is -2.06. The minimum Gasteiger partial charge on any atom is -0.355 e. The minimum atomic E-state index is -0.709. The Bertz CT molecular complexity index is 944. The Morgan fingerprint density at radius 2 is 1.92 bits per heavy atom. The number of hydrogen-bond acceptors (Lipinski definition) is 6. The molecular formula is C18H14N4O4. The number of carbonyl (C=O) groups excluding carboxylic acids is 2. The van der Waals surface area contributed by atoms with Crippen LogP contribution in [0.1, 0.15) is 17.3 Å². The molecule has 2 aromatic carbocycles. The first-order valence-electron chi connectivity index (χ1n) is 7.45. The molecule has 0 saturated heterocycles. The maximum atomic E-state index is 12.2. The molecule has 130 valence electrons. The number of nitro benzene ring substituents is 1. The van der Waals surface area contributed by atoms with Gasteiger partial charge in [-0.25, -0.2) is 0 Å². The van der Waals surface area contributed by atoms with Crippen LogP contribution in [0.4, 0.5) is 17.1 Å². The topological polar surface area (TPSA) is 125 Å². The highest BCUT2D eigenvalue weighted by molar-refractivity contribution is 6.07. The Balaban J connectivity index is 2.18. The standard InChI is InChI=1S/C18H14N4O4/c1-12(23)13-5-4-6-15(9-13)21-18(24)14(10-19)11-20-16-7-2-3-8-17(16)22(25)26/h2-9,11,20H,1H3,(H,21,24)/b14-11-. The highest BCUT2D eigenvalue weighted by Gasteiger charge is 2.14. The van der Waals surface area contributed by atoms with Crippen LogP contribution in [0.25, 0.3) is 0 Å². The molecule has 0 bridgehead atoms. The summed E-state index contributed by atoms with van der Waals surface area (Å²) in [5.74, 6) is -0.866. The van der Waals surface area contributed by atoms with Gasteiger partial charge in [0.1, 0.15) is 17.3 Å². The van der Waals surface area contributed by atoms with E-state index in [1.807, 2.05) is 0 Å². The third-order valence-corrected chi connectivity index (χ3v) is 3.36.